The molecule has 2 aromatic carbocycles. The summed E-state index contributed by atoms with van der Waals surface area (Å²) in [4.78, 5) is 24.1. The van der Waals surface area contributed by atoms with Gasteiger partial charge in [0.2, 0.25) is 0 Å². The summed E-state index contributed by atoms with van der Waals surface area (Å²) in [6.07, 6.45) is 0. The van der Waals surface area contributed by atoms with E-state index in [2.05, 4.69) is 54.2 Å². The maximum Gasteiger partial charge on any atom is 0.269 e. The van der Waals surface area contributed by atoms with E-state index in [1.807, 2.05) is 18.2 Å². The molecule has 0 unspecified atom stereocenters. The number of benzene rings is 2. The Hall–Kier alpha value is -1.89. The molecule has 0 aromatic heterocycles. The number of carbonyl (C=O) groups is 2. The van der Waals surface area contributed by atoms with Gasteiger partial charge in [0.25, 0.3) is 11.8 Å². The lowest BCUT2D eigenvalue weighted by Crippen LogP contribution is -2.41. The van der Waals surface area contributed by atoms with Crippen LogP contribution in [0.1, 0.15) is 47.1 Å². The van der Waals surface area contributed by atoms with Crippen LogP contribution in [0.3, 0.4) is 0 Å². The van der Waals surface area contributed by atoms with E-state index >= 15 is 0 Å². The Morgan fingerprint density at radius 2 is 1.43 bits per heavy atom. The molecule has 120 valence electrons. The zero-order chi connectivity index (χ0) is 17.0. The third-order valence-electron chi connectivity index (χ3n) is 3.39. The first-order valence-corrected chi connectivity index (χ1v) is 8.32. The first-order chi connectivity index (χ1) is 10.8. The van der Waals surface area contributed by atoms with Crippen molar-refractivity contribution in [3.63, 3.8) is 0 Å². The highest BCUT2D eigenvalue weighted by Crippen LogP contribution is 2.22. The molecule has 4 nitrogen and oxygen atoms in total. The van der Waals surface area contributed by atoms with E-state index in [1.54, 1.807) is 30.3 Å². The van der Waals surface area contributed by atoms with E-state index < -0.39 is 0 Å². The smallest absolute Gasteiger partial charge is 0.267 e. The van der Waals surface area contributed by atoms with Crippen LogP contribution >= 0.6 is 22.6 Å². The number of hydrogen-bond acceptors (Lipinski definition) is 2. The third-order valence-corrected chi connectivity index (χ3v) is 4.06. The lowest BCUT2D eigenvalue weighted by Gasteiger charge is -2.19. The molecule has 0 fully saturated rings. The van der Waals surface area contributed by atoms with Gasteiger partial charge in [0.1, 0.15) is 0 Å². The van der Waals surface area contributed by atoms with Gasteiger partial charge in [-0.2, -0.15) is 0 Å². The number of hydrazine groups is 1. The van der Waals surface area contributed by atoms with Crippen LogP contribution in [0.15, 0.2) is 48.5 Å². The second kappa shape index (κ2) is 7.12. The van der Waals surface area contributed by atoms with Crippen LogP contribution in [0.2, 0.25) is 0 Å². The standard InChI is InChI=1S/C18H19IN2O2/c1-18(2,3)14-9-7-12(8-10-14)16(22)20-21-17(23)13-5-4-6-15(19)11-13/h4-11H,1-3H3,(H,20,22)(H,21,23). The van der Waals surface area contributed by atoms with Gasteiger partial charge in [-0.3, -0.25) is 20.4 Å². The molecular formula is C18H19IN2O2. The fraction of sp³-hybridized carbons (Fsp3) is 0.222. The Labute approximate surface area is 149 Å². The maximum absolute atomic E-state index is 12.1. The van der Waals surface area contributed by atoms with Crippen LogP contribution in [0, 0.1) is 3.57 Å². The molecule has 2 rings (SSSR count). The van der Waals surface area contributed by atoms with Crippen LogP contribution in [0.25, 0.3) is 0 Å². The summed E-state index contributed by atoms with van der Waals surface area (Å²) in [6, 6.07) is 14.5. The lowest BCUT2D eigenvalue weighted by molar-refractivity contribution is 0.0846. The van der Waals surface area contributed by atoms with Gasteiger partial charge in [0, 0.05) is 14.7 Å². The minimum absolute atomic E-state index is 0.0354. The minimum atomic E-state index is -0.344. The van der Waals surface area contributed by atoms with E-state index in [4.69, 9.17) is 0 Å². The fourth-order valence-electron chi connectivity index (χ4n) is 2.01. The zero-order valence-corrected chi connectivity index (χ0v) is 15.5. The SMILES string of the molecule is CC(C)(C)c1ccc(C(=O)NNC(=O)c2cccc(I)c2)cc1. The molecule has 23 heavy (non-hydrogen) atoms. The van der Waals surface area contributed by atoms with Crippen molar-refractivity contribution in [2.45, 2.75) is 26.2 Å². The van der Waals surface area contributed by atoms with Gasteiger partial charge in [0.15, 0.2) is 0 Å². The molecule has 0 spiro atoms. The molecule has 0 atom stereocenters. The van der Waals surface area contributed by atoms with Crippen molar-refractivity contribution in [2.75, 3.05) is 0 Å². The first kappa shape index (κ1) is 17.5. The van der Waals surface area contributed by atoms with E-state index in [-0.39, 0.29) is 17.2 Å². The van der Waals surface area contributed by atoms with Gasteiger partial charge in [-0.1, -0.05) is 39.0 Å². The fourth-order valence-corrected chi connectivity index (χ4v) is 2.55. The normalized spacial score (nSPS) is 11.0. The topological polar surface area (TPSA) is 58.2 Å². The molecule has 0 bridgehead atoms. The second-order valence-corrected chi connectivity index (χ2v) is 7.49. The van der Waals surface area contributed by atoms with Crippen molar-refractivity contribution in [3.8, 4) is 0 Å². The van der Waals surface area contributed by atoms with Crippen molar-refractivity contribution in [1.29, 1.82) is 0 Å². The van der Waals surface area contributed by atoms with E-state index in [0.29, 0.717) is 11.1 Å². The Morgan fingerprint density at radius 1 is 0.870 bits per heavy atom. The summed E-state index contributed by atoms with van der Waals surface area (Å²) in [5, 5.41) is 0. The van der Waals surface area contributed by atoms with E-state index in [9.17, 15) is 9.59 Å². The number of rotatable bonds is 2. The molecule has 2 amide bonds. The Morgan fingerprint density at radius 3 is 1.96 bits per heavy atom. The maximum atomic E-state index is 12.1. The molecule has 0 saturated heterocycles. The van der Waals surface area contributed by atoms with Gasteiger partial charge in [-0.25, -0.2) is 0 Å². The lowest BCUT2D eigenvalue weighted by atomic mass is 9.87. The van der Waals surface area contributed by atoms with Crippen LogP contribution < -0.4 is 10.9 Å². The quantitative estimate of drug-likeness (QED) is 0.574. The van der Waals surface area contributed by atoms with Gasteiger partial charge >= 0.3 is 0 Å². The Balaban J connectivity index is 1.98. The number of nitrogens with one attached hydrogen (secondary N) is 2. The average molecular weight is 422 g/mol. The van der Waals surface area contributed by atoms with Crippen molar-refractivity contribution < 1.29 is 9.59 Å². The van der Waals surface area contributed by atoms with E-state index in [1.165, 1.54) is 0 Å². The molecule has 0 heterocycles. The molecule has 0 saturated carbocycles. The van der Waals surface area contributed by atoms with Crippen LogP contribution in [-0.4, -0.2) is 11.8 Å². The van der Waals surface area contributed by atoms with Gasteiger partial charge in [-0.05, 0) is 63.9 Å². The predicted molar refractivity (Wildman–Crippen MR) is 99.2 cm³/mol. The first-order valence-electron chi connectivity index (χ1n) is 7.24. The third kappa shape index (κ3) is 4.79. The zero-order valence-electron chi connectivity index (χ0n) is 13.3. The molecule has 0 aliphatic carbocycles. The molecular weight excluding hydrogens is 403 g/mol. The Bertz CT molecular complexity index is 719. The molecule has 0 aliphatic rings. The molecule has 0 radical (unpaired) electrons. The monoisotopic (exact) mass is 422 g/mol. The van der Waals surface area contributed by atoms with Crippen molar-refractivity contribution >= 4 is 34.4 Å². The molecule has 2 N–H and O–H groups in total. The number of carbonyl (C=O) groups excluding carboxylic acids is 2. The highest BCUT2D eigenvalue weighted by molar-refractivity contribution is 14.1. The number of amides is 2. The average Bonchev–Trinajstić information content (AvgIpc) is 2.51. The summed E-state index contributed by atoms with van der Waals surface area (Å²) >= 11 is 2.13. The van der Waals surface area contributed by atoms with Gasteiger partial charge in [-0.15, -0.1) is 0 Å². The Kier molecular flexibility index (Phi) is 5.41. The highest BCUT2D eigenvalue weighted by Gasteiger charge is 2.14. The van der Waals surface area contributed by atoms with Crippen molar-refractivity contribution in [1.82, 2.24) is 10.9 Å². The minimum Gasteiger partial charge on any atom is -0.267 e. The summed E-state index contributed by atoms with van der Waals surface area (Å²) in [6.45, 7) is 6.34. The van der Waals surface area contributed by atoms with Crippen LogP contribution in [0.4, 0.5) is 0 Å². The molecule has 2 aromatic rings. The summed E-state index contributed by atoms with van der Waals surface area (Å²) in [5.41, 5.74) is 7.05. The summed E-state index contributed by atoms with van der Waals surface area (Å²) in [5.74, 6) is -0.687. The summed E-state index contributed by atoms with van der Waals surface area (Å²) in [7, 11) is 0. The van der Waals surface area contributed by atoms with Gasteiger partial charge in [0.05, 0.1) is 0 Å². The van der Waals surface area contributed by atoms with Crippen molar-refractivity contribution in [2.24, 2.45) is 0 Å². The van der Waals surface area contributed by atoms with Crippen molar-refractivity contribution in [3.05, 3.63) is 68.8 Å². The summed E-state index contributed by atoms with van der Waals surface area (Å²) < 4.78 is 0.958. The van der Waals surface area contributed by atoms with Gasteiger partial charge < -0.3 is 0 Å². The number of halogens is 1. The molecule has 5 heteroatoms. The van der Waals surface area contributed by atoms with Crippen LogP contribution in [-0.2, 0) is 5.41 Å². The largest absolute Gasteiger partial charge is 0.269 e. The van der Waals surface area contributed by atoms with Crippen LogP contribution in [0.5, 0.6) is 0 Å². The highest BCUT2D eigenvalue weighted by atomic mass is 127. The molecule has 0 aliphatic heterocycles. The second-order valence-electron chi connectivity index (χ2n) is 6.25. The van der Waals surface area contributed by atoms with E-state index in [0.717, 1.165) is 9.13 Å². The predicted octanol–water partition coefficient (Wildman–Crippen LogP) is 3.66. The number of hydrogen-bond donors (Lipinski definition) is 2.